The van der Waals surface area contributed by atoms with E-state index in [1.807, 2.05) is 6.07 Å². The van der Waals surface area contributed by atoms with E-state index < -0.39 is 0 Å². The summed E-state index contributed by atoms with van der Waals surface area (Å²) in [6.45, 7) is 1.23. The van der Waals surface area contributed by atoms with Crippen molar-refractivity contribution in [2.45, 2.75) is 19.3 Å². The molecular weight excluding hydrogens is 387 g/mol. The normalized spacial score (nSPS) is 14.3. The molecule has 2 aromatic carbocycles. The number of likely N-dealkylation sites (tertiary alicyclic amines) is 1. The number of ether oxygens (including phenoxy) is 2. The quantitative estimate of drug-likeness (QED) is 0.756. The van der Waals surface area contributed by atoms with Crippen molar-refractivity contribution in [2.24, 2.45) is 5.92 Å². The monoisotopic (exact) mass is 414 g/mol. The van der Waals surface area contributed by atoms with Gasteiger partial charge in [-0.25, -0.2) is 4.39 Å². The number of hydrogen-bond donors (Lipinski definition) is 1. The van der Waals surface area contributed by atoms with Crippen molar-refractivity contribution in [1.82, 2.24) is 10.2 Å². The number of rotatable bonds is 7. The lowest BCUT2D eigenvalue weighted by atomic mass is 9.90. The van der Waals surface area contributed by atoms with E-state index in [1.165, 1.54) is 20.3 Å². The standard InChI is InChI=1S/C23H27FN2O4/c1-29-20-7-6-18(14-21(20)30-2)23(28)25-15-22(27)26-10-8-16(9-11-26)12-17-4-3-5-19(24)13-17/h3-7,13-14,16H,8-12,15H2,1-2H3,(H,25,28). The number of amides is 2. The number of benzene rings is 2. The molecule has 2 amide bonds. The fourth-order valence-corrected chi connectivity index (χ4v) is 3.73. The third-order valence-electron chi connectivity index (χ3n) is 5.43. The molecule has 1 fully saturated rings. The summed E-state index contributed by atoms with van der Waals surface area (Å²) < 4.78 is 23.7. The maximum Gasteiger partial charge on any atom is 0.251 e. The average molecular weight is 414 g/mol. The Morgan fingerprint density at radius 1 is 1.07 bits per heavy atom. The number of methoxy groups -OCH3 is 2. The number of carbonyl (C=O) groups is 2. The van der Waals surface area contributed by atoms with Gasteiger partial charge in [0.15, 0.2) is 11.5 Å². The van der Waals surface area contributed by atoms with E-state index in [9.17, 15) is 14.0 Å². The highest BCUT2D eigenvalue weighted by Gasteiger charge is 2.23. The average Bonchev–Trinajstić information content (AvgIpc) is 2.77. The minimum absolute atomic E-state index is 0.0538. The minimum Gasteiger partial charge on any atom is -0.493 e. The molecule has 3 rings (SSSR count). The number of nitrogens with one attached hydrogen (secondary N) is 1. The fraction of sp³-hybridized carbons (Fsp3) is 0.391. The van der Waals surface area contributed by atoms with E-state index in [0.717, 1.165) is 24.8 Å². The van der Waals surface area contributed by atoms with E-state index >= 15 is 0 Å². The molecule has 2 aromatic rings. The van der Waals surface area contributed by atoms with Gasteiger partial charge in [-0.05, 0) is 61.1 Å². The molecule has 0 spiro atoms. The second kappa shape index (κ2) is 10.1. The lowest BCUT2D eigenvalue weighted by Gasteiger charge is -2.32. The smallest absolute Gasteiger partial charge is 0.251 e. The van der Waals surface area contributed by atoms with Crippen LogP contribution in [-0.2, 0) is 11.2 Å². The molecule has 1 aliphatic heterocycles. The lowest BCUT2D eigenvalue weighted by Crippen LogP contribution is -2.44. The molecule has 0 aliphatic carbocycles. The van der Waals surface area contributed by atoms with Crippen LogP contribution in [0.15, 0.2) is 42.5 Å². The van der Waals surface area contributed by atoms with Crippen LogP contribution in [-0.4, -0.2) is 50.6 Å². The Kier molecular flexibility index (Phi) is 7.27. The van der Waals surface area contributed by atoms with Crippen molar-refractivity contribution >= 4 is 11.8 Å². The third-order valence-corrected chi connectivity index (χ3v) is 5.43. The van der Waals surface area contributed by atoms with Crippen LogP contribution in [0, 0.1) is 11.7 Å². The first-order valence-corrected chi connectivity index (χ1v) is 10.0. The van der Waals surface area contributed by atoms with E-state index in [-0.39, 0.29) is 24.2 Å². The Morgan fingerprint density at radius 2 is 1.80 bits per heavy atom. The summed E-state index contributed by atoms with van der Waals surface area (Å²) in [4.78, 5) is 26.6. The molecule has 0 atom stereocenters. The minimum atomic E-state index is -0.342. The fourth-order valence-electron chi connectivity index (χ4n) is 3.73. The van der Waals surface area contributed by atoms with Gasteiger partial charge in [-0.15, -0.1) is 0 Å². The van der Waals surface area contributed by atoms with Crippen molar-refractivity contribution in [3.63, 3.8) is 0 Å². The molecule has 0 saturated carbocycles. The number of nitrogens with zero attached hydrogens (tertiary/aromatic N) is 1. The zero-order valence-corrected chi connectivity index (χ0v) is 17.3. The molecule has 1 saturated heterocycles. The maximum atomic E-state index is 13.3. The third kappa shape index (κ3) is 5.49. The van der Waals surface area contributed by atoms with Crippen molar-refractivity contribution in [3.8, 4) is 11.5 Å². The first-order valence-electron chi connectivity index (χ1n) is 10.0. The van der Waals surface area contributed by atoms with Gasteiger partial charge >= 0.3 is 0 Å². The molecule has 160 valence electrons. The van der Waals surface area contributed by atoms with Crippen molar-refractivity contribution in [1.29, 1.82) is 0 Å². The Bertz CT molecular complexity index is 895. The van der Waals surface area contributed by atoms with Gasteiger partial charge in [0.2, 0.25) is 5.91 Å². The molecule has 1 aliphatic rings. The Hall–Kier alpha value is -3.09. The Balaban J connectivity index is 1.46. The van der Waals surface area contributed by atoms with Crippen LogP contribution in [0.5, 0.6) is 11.5 Å². The molecule has 0 unspecified atom stereocenters. The van der Waals surface area contributed by atoms with Gasteiger partial charge in [0.05, 0.1) is 20.8 Å². The second-order valence-electron chi connectivity index (χ2n) is 7.41. The number of piperidine rings is 1. The van der Waals surface area contributed by atoms with Crippen molar-refractivity contribution < 1.29 is 23.5 Å². The van der Waals surface area contributed by atoms with Crippen molar-refractivity contribution in [2.75, 3.05) is 33.9 Å². The van der Waals surface area contributed by atoms with Gasteiger partial charge in [0.25, 0.3) is 5.91 Å². The molecule has 7 heteroatoms. The largest absolute Gasteiger partial charge is 0.493 e. The lowest BCUT2D eigenvalue weighted by molar-refractivity contribution is -0.131. The highest BCUT2D eigenvalue weighted by Crippen LogP contribution is 2.27. The van der Waals surface area contributed by atoms with E-state index in [0.29, 0.717) is 36.1 Å². The van der Waals surface area contributed by atoms with Gasteiger partial charge in [0.1, 0.15) is 5.82 Å². The van der Waals surface area contributed by atoms with Crippen LogP contribution in [0.25, 0.3) is 0 Å². The highest BCUT2D eigenvalue weighted by atomic mass is 19.1. The molecule has 1 heterocycles. The molecule has 0 aromatic heterocycles. The SMILES string of the molecule is COc1ccc(C(=O)NCC(=O)N2CCC(Cc3cccc(F)c3)CC2)cc1OC. The highest BCUT2D eigenvalue weighted by molar-refractivity contribution is 5.97. The van der Waals surface area contributed by atoms with Crippen LogP contribution in [0.3, 0.4) is 0 Å². The van der Waals surface area contributed by atoms with Crippen LogP contribution >= 0.6 is 0 Å². The zero-order valence-electron chi connectivity index (χ0n) is 17.3. The van der Waals surface area contributed by atoms with Crippen LogP contribution in [0.2, 0.25) is 0 Å². The second-order valence-corrected chi connectivity index (χ2v) is 7.41. The number of halogens is 1. The van der Waals surface area contributed by atoms with Gasteiger partial charge in [0, 0.05) is 18.7 Å². The summed E-state index contributed by atoms with van der Waals surface area (Å²) in [7, 11) is 3.03. The van der Waals surface area contributed by atoms with Crippen LogP contribution < -0.4 is 14.8 Å². The van der Waals surface area contributed by atoms with Crippen LogP contribution in [0.1, 0.15) is 28.8 Å². The molecular formula is C23H27FN2O4. The predicted octanol–water partition coefficient (Wildman–Crippen LogP) is 3.05. The maximum absolute atomic E-state index is 13.3. The molecule has 1 N–H and O–H groups in total. The number of carbonyl (C=O) groups excluding carboxylic acids is 2. The van der Waals surface area contributed by atoms with Gasteiger partial charge in [-0.3, -0.25) is 9.59 Å². The predicted molar refractivity (Wildman–Crippen MR) is 111 cm³/mol. The first-order chi connectivity index (χ1) is 14.5. The molecule has 6 nitrogen and oxygen atoms in total. The molecule has 0 radical (unpaired) electrons. The van der Waals surface area contributed by atoms with E-state index in [2.05, 4.69) is 5.32 Å². The first kappa shape index (κ1) is 21.6. The molecule has 0 bridgehead atoms. The van der Waals surface area contributed by atoms with Crippen LogP contribution in [0.4, 0.5) is 4.39 Å². The van der Waals surface area contributed by atoms with Gasteiger partial charge in [-0.1, -0.05) is 12.1 Å². The van der Waals surface area contributed by atoms with E-state index in [1.54, 1.807) is 35.2 Å². The molecule has 30 heavy (non-hydrogen) atoms. The summed E-state index contributed by atoms with van der Waals surface area (Å²) in [6.07, 6.45) is 2.55. The Morgan fingerprint density at radius 3 is 2.47 bits per heavy atom. The zero-order chi connectivity index (χ0) is 21.5. The van der Waals surface area contributed by atoms with E-state index in [4.69, 9.17) is 9.47 Å². The topological polar surface area (TPSA) is 67.9 Å². The summed E-state index contributed by atoms with van der Waals surface area (Å²) in [5.41, 5.74) is 1.39. The van der Waals surface area contributed by atoms with Gasteiger partial charge < -0.3 is 19.7 Å². The Labute approximate surface area is 176 Å². The summed E-state index contributed by atoms with van der Waals surface area (Å²) >= 11 is 0. The summed E-state index contributed by atoms with van der Waals surface area (Å²) in [5.74, 6) is 0.754. The number of hydrogen-bond acceptors (Lipinski definition) is 4. The van der Waals surface area contributed by atoms with Crippen molar-refractivity contribution in [3.05, 3.63) is 59.4 Å². The summed E-state index contributed by atoms with van der Waals surface area (Å²) in [5, 5.41) is 2.67. The summed E-state index contributed by atoms with van der Waals surface area (Å²) in [6, 6.07) is 11.5. The van der Waals surface area contributed by atoms with Gasteiger partial charge in [-0.2, -0.15) is 0 Å².